The van der Waals surface area contributed by atoms with Crippen molar-refractivity contribution < 1.29 is 18.9 Å². The zero-order chi connectivity index (χ0) is 17.8. The molecule has 0 aliphatic carbocycles. The van der Waals surface area contributed by atoms with E-state index < -0.39 is 16.7 Å². The number of aryl methyl sites for hydroxylation is 1. The highest BCUT2D eigenvalue weighted by atomic mass is 16.6. The fraction of sp³-hybridized carbons (Fsp3) is 0.0556. The molecule has 1 aromatic heterocycles. The molecule has 1 N–H and O–H groups in total. The second-order valence-corrected chi connectivity index (χ2v) is 5.29. The summed E-state index contributed by atoms with van der Waals surface area (Å²) in [5.74, 6) is 0.153. The van der Waals surface area contributed by atoms with Gasteiger partial charge in [0.25, 0.3) is 5.91 Å². The molecule has 7 heteroatoms. The zero-order valence-corrected chi connectivity index (χ0v) is 13.3. The number of hydrogen-bond donors (Lipinski definition) is 1. The molecule has 0 saturated carbocycles. The van der Waals surface area contributed by atoms with E-state index in [1.165, 1.54) is 6.07 Å². The van der Waals surface area contributed by atoms with Gasteiger partial charge in [-0.2, -0.15) is 0 Å². The summed E-state index contributed by atoms with van der Waals surface area (Å²) in [7, 11) is 0. The molecule has 0 atom stereocenters. The van der Waals surface area contributed by atoms with Gasteiger partial charge in [0.15, 0.2) is 5.76 Å². The van der Waals surface area contributed by atoms with E-state index in [1.54, 1.807) is 24.3 Å². The Bertz CT molecular complexity index is 898. The second kappa shape index (κ2) is 6.88. The molecule has 0 radical (unpaired) electrons. The maximum atomic E-state index is 12.0. The van der Waals surface area contributed by atoms with E-state index >= 15 is 0 Å². The molecule has 0 bridgehead atoms. The number of anilines is 1. The zero-order valence-electron chi connectivity index (χ0n) is 13.3. The van der Waals surface area contributed by atoms with Gasteiger partial charge in [-0.15, -0.1) is 0 Å². The smallest absolute Gasteiger partial charge is 0.433 e. The summed E-state index contributed by atoms with van der Waals surface area (Å²) in [6.45, 7) is 1.99. The van der Waals surface area contributed by atoms with Crippen molar-refractivity contribution in [2.45, 2.75) is 6.92 Å². The van der Waals surface area contributed by atoms with Crippen molar-refractivity contribution in [3.8, 4) is 11.5 Å². The maximum Gasteiger partial charge on any atom is 0.433 e. The van der Waals surface area contributed by atoms with E-state index in [0.717, 1.165) is 11.6 Å². The van der Waals surface area contributed by atoms with Crippen LogP contribution < -0.4 is 10.1 Å². The summed E-state index contributed by atoms with van der Waals surface area (Å²) in [5, 5.41) is 13.2. The van der Waals surface area contributed by atoms with Gasteiger partial charge in [-0.25, -0.2) is 0 Å². The molecular formula is C18H14N2O5. The van der Waals surface area contributed by atoms with Crippen LogP contribution in [0.3, 0.4) is 0 Å². The van der Waals surface area contributed by atoms with Crippen LogP contribution in [-0.2, 0) is 0 Å². The highest BCUT2D eigenvalue weighted by Gasteiger charge is 2.17. The SMILES string of the molecule is Cc1ccc(Oc2ccc(NC(=O)c3ccc([N+](=O)[O-])o3)cc2)cc1. The molecule has 3 aromatic rings. The summed E-state index contributed by atoms with van der Waals surface area (Å²) < 4.78 is 10.6. The quantitative estimate of drug-likeness (QED) is 0.544. The van der Waals surface area contributed by atoms with Crippen LogP contribution in [0.4, 0.5) is 11.6 Å². The fourth-order valence-electron chi connectivity index (χ4n) is 2.09. The third-order valence-corrected chi connectivity index (χ3v) is 3.36. The average molecular weight is 338 g/mol. The van der Waals surface area contributed by atoms with Gasteiger partial charge in [0.05, 0.1) is 6.07 Å². The first-order valence-electron chi connectivity index (χ1n) is 7.41. The van der Waals surface area contributed by atoms with E-state index in [-0.39, 0.29) is 5.76 Å². The van der Waals surface area contributed by atoms with E-state index in [2.05, 4.69) is 5.32 Å². The summed E-state index contributed by atoms with van der Waals surface area (Å²) in [6.07, 6.45) is 0. The van der Waals surface area contributed by atoms with Crippen LogP contribution in [0.2, 0.25) is 0 Å². The largest absolute Gasteiger partial charge is 0.457 e. The first kappa shape index (κ1) is 16.3. The fourth-order valence-corrected chi connectivity index (χ4v) is 2.09. The number of carbonyl (C=O) groups excluding carboxylic acids is 1. The Hall–Kier alpha value is -3.61. The minimum Gasteiger partial charge on any atom is -0.457 e. The normalized spacial score (nSPS) is 10.3. The molecule has 1 heterocycles. The number of nitrogens with one attached hydrogen (secondary N) is 1. The molecule has 0 aliphatic heterocycles. The molecule has 0 fully saturated rings. The second-order valence-electron chi connectivity index (χ2n) is 5.29. The van der Waals surface area contributed by atoms with Crippen LogP contribution >= 0.6 is 0 Å². The minimum atomic E-state index is -0.700. The highest BCUT2D eigenvalue weighted by molar-refractivity contribution is 6.02. The van der Waals surface area contributed by atoms with E-state index in [9.17, 15) is 14.9 Å². The minimum absolute atomic E-state index is 0.133. The van der Waals surface area contributed by atoms with Crippen molar-refractivity contribution in [3.63, 3.8) is 0 Å². The van der Waals surface area contributed by atoms with Gasteiger partial charge in [-0.3, -0.25) is 14.9 Å². The van der Waals surface area contributed by atoms with Crippen LogP contribution in [0.5, 0.6) is 11.5 Å². The molecule has 3 rings (SSSR count). The predicted molar refractivity (Wildman–Crippen MR) is 91.0 cm³/mol. The molecule has 0 spiro atoms. The molecule has 25 heavy (non-hydrogen) atoms. The summed E-state index contributed by atoms with van der Waals surface area (Å²) in [4.78, 5) is 21.9. The Kier molecular flexibility index (Phi) is 4.47. The molecule has 7 nitrogen and oxygen atoms in total. The van der Waals surface area contributed by atoms with Crippen molar-refractivity contribution in [3.05, 3.63) is 82.1 Å². The Balaban J connectivity index is 1.64. The van der Waals surface area contributed by atoms with E-state index in [1.807, 2.05) is 31.2 Å². The Morgan fingerprint density at radius 1 is 1.00 bits per heavy atom. The first-order valence-corrected chi connectivity index (χ1v) is 7.41. The van der Waals surface area contributed by atoms with Gasteiger partial charge in [0.2, 0.25) is 0 Å². The lowest BCUT2D eigenvalue weighted by molar-refractivity contribution is -0.402. The Labute approximate surface area is 143 Å². The lowest BCUT2D eigenvalue weighted by atomic mass is 10.2. The average Bonchev–Trinajstić information content (AvgIpc) is 3.09. The number of benzene rings is 2. The lowest BCUT2D eigenvalue weighted by Crippen LogP contribution is -2.10. The van der Waals surface area contributed by atoms with Crippen LogP contribution in [-0.4, -0.2) is 10.8 Å². The topological polar surface area (TPSA) is 94.6 Å². The molecule has 1 amide bonds. The number of nitrogens with zero attached hydrogens (tertiary/aromatic N) is 1. The van der Waals surface area contributed by atoms with Crippen molar-refractivity contribution in [2.24, 2.45) is 0 Å². The van der Waals surface area contributed by atoms with E-state index in [4.69, 9.17) is 9.15 Å². The third kappa shape index (κ3) is 4.03. The summed E-state index contributed by atoms with van der Waals surface area (Å²) in [6, 6.07) is 16.8. The number of amides is 1. The number of hydrogen-bond acceptors (Lipinski definition) is 5. The van der Waals surface area contributed by atoms with Gasteiger partial charge in [-0.05, 0) is 49.4 Å². The van der Waals surface area contributed by atoms with Gasteiger partial charge in [0.1, 0.15) is 16.4 Å². The van der Waals surface area contributed by atoms with Crippen LogP contribution in [0.25, 0.3) is 0 Å². The maximum absolute atomic E-state index is 12.0. The van der Waals surface area contributed by atoms with Crippen molar-refractivity contribution in [1.82, 2.24) is 0 Å². The third-order valence-electron chi connectivity index (χ3n) is 3.36. The summed E-state index contributed by atoms with van der Waals surface area (Å²) in [5.41, 5.74) is 1.66. The van der Waals surface area contributed by atoms with Crippen LogP contribution in [0.15, 0.2) is 65.1 Å². The van der Waals surface area contributed by atoms with Gasteiger partial charge in [-0.1, -0.05) is 17.7 Å². The predicted octanol–water partition coefficient (Wildman–Crippen LogP) is 4.54. The Morgan fingerprint density at radius 3 is 2.16 bits per heavy atom. The molecular weight excluding hydrogens is 324 g/mol. The summed E-state index contributed by atoms with van der Waals surface area (Å²) >= 11 is 0. The molecule has 2 aromatic carbocycles. The standard InChI is InChI=1S/C18H14N2O5/c1-12-2-6-14(7-3-12)24-15-8-4-13(5-9-15)19-18(21)16-10-11-17(25-16)20(22)23/h2-11H,1H3,(H,19,21). The van der Waals surface area contributed by atoms with Crippen molar-refractivity contribution in [1.29, 1.82) is 0 Å². The number of nitro groups is 1. The van der Waals surface area contributed by atoms with Crippen LogP contribution in [0, 0.1) is 17.0 Å². The van der Waals surface area contributed by atoms with Gasteiger partial charge in [0, 0.05) is 5.69 Å². The molecule has 0 unspecified atom stereocenters. The number of furan rings is 1. The monoisotopic (exact) mass is 338 g/mol. The van der Waals surface area contributed by atoms with E-state index in [0.29, 0.717) is 17.2 Å². The van der Waals surface area contributed by atoms with Crippen LogP contribution in [0.1, 0.15) is 16.1 Å². The Morgan fingerprint density at radius 2 is 1.60 bits per heavy atom. The van der Waals surface area contributed by atoms with Gasteiger partial charge < -0.3 is 14.5 Å². The first-order chi connectivity index (χ1) is 12.0. The molecule has 0 saturated heterocycles. The van der Waals surface area contributed by atoms with Gasteiger partial charge >= 0.3 is 5.88 Å². The number of rotatable bonds is 5. The lowest BCUT2D eigenvalue weighted by Gasteiger charge is -2.07. The number of carbonyl (C=O) groups is 1. The van der Waals surface area contributed by atoms with Crippen molar-refractivity contribution in [2.75, 3.05) is 5.32 Å². The highest BCUT2D eigenvalue weighted by Crippen LogP contribution is 2.24. The molecule has 126 valence electrons. The van der Waals surface area contributed by atoms with Crippen molar-refractivity contribution >= 4 is 17.5 Å². The molecule has 0 aliphatic rings. The number of ether oxygens (including phenoxy) is 1.